The highest BCUT2D eigenvalue weighted by Crippen LogP contribution is 2.36. The van der Waals surface area contributed by atoms with Crippen molar-refractivity contribution in [2.45, 2.75) is 38.0 Å². The summed E-state index contributed by atoms with van der Waals surface area (Å²) in [4.78, 5) is 11.1. The maximum Gasteiger partial charge on any atom is 0.303 e. The Bertz CT molecular complexity index is 661. The summed E-state index contributed by atoms with van der Waals surface area (Å²) in [6.07, 6.45) is 3.80. The van der Waals surface area contributed by atoms with Crippen LogP contribution in [-0.4, -0.2) is 28.4 Å². The van der Waals surface area contributed by atoms with Gasteiger partial charge in [0.15, 0.2) is 0 Å². The van der Waals surface area contributed by atoms with Gasteiger partial charge < -0.3 is 9.84 Å². The number of nitrogens with one attached hydrogen (secondary N) is 1. The SMILES string of the molecule is COc1ccc(Cc2n[nH]c3c2C(CC(=O)O)CCC3)cc1. The molecule has 0 fully saturated rings. The first-order valence-corrected chi connectivity index (χ1v) is 7.58. The fraction of sp³-hybridized carbons (Fsp3) is 0.412. The summed E-state index contributed by atoms with van der Waals surface area (Å²) in [6, 6.07) is 7.91. The van der Waals surface area contributed by atoms with E-state index in [0.717, 1.165) is 47.5 Å². The summed E-state index contributed by atoms with van der Waals surface area (Å²) in [5, 5.41) is 16.7. The molecule has 5 heteroatoms. The van der Waals surface area contributed by atoms with Crippen LogP contribution in [0.4, 0.5) is 0 Å². The van der Waals surface area contributed by atoms with Gasteiger partial charge in [-0.2, -0.15) is 5.10 Å². The Balaban J connectivity index is 1.85. The number of H-pyrrole nitrogens is 1. The number of carbonyl (C=O) groups is 1. The third-order valence-electron chi connectivity index (χ3n) is 4.30. The normalized spacial score (nSPS) is 17.0. The molecule has 1 aliphatic rings. The van der Waals surface area contributed by atoms with Crippen LogP contribution in [0.5, 0.6) is 5.75 Å². The average molecular weight is 300 g/mol. The summed E-state index contributed by atoms with van der Waals surface area (Å²) in [7, 11) is 1.65. The Morgan fingerprint density at radius 3 is 2.86 bits per heavy atom. The van der Waals surface area contributed by atoms with Crippen molar-refractivity contribution in [2.75, 3.05) is 7.11 Å². The first-order valence-electron chi connectivity index (χ1n) is 7.58. The minimum atomic E-state index is -0.741. The molecule has 0 radical (unpaired) electrons. The molecular formula is C17H20N2O3. The van der Waals surface area contributed by atoms with E-state index in [4.69, 9.17) is 9.84 Å². The summed E-state index contributed by atoms with van der Waals surface area (Å²) in [6.45, 7) is 0. The van der Waals surface area contributed by atoms with E-state index in [-0.39, 0.29) is 12.3 Å². The number of methoxy groups -OCH3 is 1. The highest BCUT2D eigenvalue weighted by Gasteiger charge is 2.27. The van der Waals surface area contributed by atoms with Crippen LogP contribution in [0.25, 0.3) is 0 Å². The lowest BCUT2D eigenvalue weighted by Gasteiger charge is -2.21. The van der Waals surface area contributed by atoms with Crippen molar-refractivity contribution in [2.24, 2.45) is 0 Å². The molecule has 116 valence electrons. The fourth-order valence-electron chi connectivity index (χ4n) is 3.26. The minimum Gasteiger partial charge on any atom is -0.497 e. The van der Waals surface area contributed by atoms with E-state index >= 15 is 0 Å². The maximum atomic E-state index is 11.1. The highest BCUT2D eigenvalue weighted by atomic mass is 16.5. The molecule has 1 aromatic carbocycles. The summed E-state index contributed by atoms with van der Waals surface area (Å²) in [5.74, 6) is 0.166. The monoisotopic (exact) mass is 300 g/mol. The number of aryl methyl sites for hydroxylation is 1. The molecule has 0 amide bonds. The molecule has 0 saturated heterocycles. The number of hydrogen-bond donors (Lipinski definition) is 2. The number of ether oxygens (including phenoxy) is 1. The Kier molecular flexibility index (Phi) is 4.13. The lowest BCUT2D eigenvalue weighted by Crippen LogP contribution is -2.14. The van der Waals surface area contributed by atoms with Crippen LogP contribution in [0.2, 0.25) is 0 Å². The van der Waals surface area contributed by atoms with Crippen molar-refractivity contribution in [1.29, 1.82) is 0 Å². The van der Waals surface area contributed by atoms with E-state index in [1.54, 1.807) is 7.11 Å². The molecule has 22 heavy (non-hydrogen) atoms. The van der Waals surface area contributed by atoms with E-state index in [0.29, 0.717) is 6.42 Å². The summed E-state index contributed by atoms with van der Waals surface area (Å²) in [5.41, 5.74) is 4.37. The molecule has 0 aliphatic heterocycles. The van der Waals surface area contributed by atoms with Crippen molar-refractivity contribution in [3.05, 3.63) is 46.8 Å². The standard InChI is InChI=1S/C17H20N2O3/c1-22-13-7-5-11(6-8-13)9-15-17-12(10-16(20)21)3-2-4-14(17)18-19-15/h5-8,12H,2-4,9-10H2,1H3,(H,18,19)(H,20,21). The Morgan fingerprint density at radius 1 is 1.41 bits per heavy atom. The third kappa shape index (κ3) is 2.98. The van der Waals surface area contributed by atoms with E-state index < -0.39 is 5.97 Å². The smallest absolute Gasteiger partial charge is 0.303 e. The number of carboxylic acids is 1. The maximum absolute atomic E-state index is 11.1. The number of benzene rings is 1. The van der Waals surface area contributed by atoms with E-state index in [1.165, 1.54) is 0 Å². The number of aromatic amines is 1. The minimum absolute atomic E-state index is 0.0771. The zero-order valence-electron chi connectivity index (χ0n) is 12.6. The molecule has 3 rings (SSSR count). The predicted molar refractivity (Wildman–Crippen MR) is 82.3 cm³/mol. The number of aromatic nitrogens is 2. The van der Waals surface area contributed by atoms with Crippen LogP contribution in [0.1, 0.15) is 47.7 Å². The topological polar surface area (TPSA) is 75.2 Å². The van der Waals surface area contributed by atoms with Crippen molar-refractivity contribution < 1.29 is 14.6 Å². The van der Waals surface area contributed by atoms with Gasteiger partial charge in [0.1, 0.15) is 5.75 Å². The fourth-order valence-corrected chi connectivity index (χ4v) is 3.26. The Morgan fingerprint density at radius 2 is 2.18 bits per heavy atom. The van der Waals surface area contributed by atoms with Gasteiger partial charge in [0.2, 0.25) is 0 Å². The van der Waals surface area contributed by atoms with Crippen LogP contribution in [0, 0.1) is 0 Å². The van der Waals surface area contributed by atoms with Crippen LogP contribution in [0.15, 0.2) is 24.3 Å². The predicted octanol–water partition coefficient (Wildman–Crippen LogP) is 2.90. The zero-order chi connectivity index (χ0) is 15.5. The first-order chi connectivity index (χ1) is 10.7. The zero-order valence-corrected chi connectivity index (χ0v) is 12.6. The summed E-state index contributed by atoms with van der Waals surface area (Å²) < 4.78 is 5.17. The third-order valence-corrected chi connectivity index (χ3v) is 4.30. The number of carboxylic acid groups (broad SMARTS) is 1. The lowest BCUT2D eigenvalue weighted by atomic mass is 9.82. The number of fused-ring (bicyclic) bond motifs is 1. The first kappa shape index (κ1) is 14.6. The summed E-state index contributed by atoms with van der Waals surface area (Å²) >= 11 is 0. The molecule has 1 unspecified atom stereocenters. The average Bonchev–Trinajstić information content (AvgIpc) is 2.92. The van der Waals surface area contributed by atoms with Gasteiger partial charge in [-0.15, -0.1) is 0 Å². The van der Waals surface area contributed by atoms with Gasteiger partial charge in [-0.1, -0.05) is 12.1 Å². The van der Waals surface area contributed by atoms with Crippen LogP contribution >= 0.6 is 0 Å². The second-order valence-electron chi connectivity index (χ2n) is 5.77. The van der Waals surface area contributed by atoms with Crippen molar-refractivity contribution >= 4 is 5.97 Å². The van der Waals surface area contributed by atoms with Crippen LogP contribution < -0.4 is 4.74 Å². The molecule has 0 saturated carbocycles. The molecule has 0 spiro atoms. The highest BCUT2D eigenvalue weighted by molar-refractivity contribution is 5.68. The molecule has 1 atom stereocenters. The molecule has 1 aromatic heterocycles. The van der Waals surface area contributed by atoms with Gasteiger partial charge in [0, 0.05) is 17.7 Å². The molecule has 5 nitrogen and oxygen atoms in total. The largest absolute Gasteiger partial charge is 0.497 e. The Hall–Kier alpha value is -2.30. The van der Waals surface area contributed by atoms with Gasteiger partial charge in [0.05, 0.1) is 19.2 Å². The van der Waals surface area contributed by atoms with Gasteiger partial charge in [-0.25, -0.2) is 0 Å². The molecule has 1 aliphatic carbocycles. The molecule has 2 N–H and O–H groups in total. The van der Waals surface area contributed by atoms with Crippen molar-refractivity contribution in [3.63, 3.8) is 0 Å². The quantitative estimate of drug-likeness (QED) is 0.890. The molecule has 2 aromatic rings. The van der Waals surface area contributed by atoms with Crippen LogP contribution in [-0.2, 0) is 17.6 Å². The van der Waals surface area contributed by atoms with Gasteiger partial charge in [-0.3, -0.25) is 9.89 Å². The van der Waals surface area contributed by atoms with Crippen molar-refractivity contribution in [3.8, 4) is 5.75 Å². The van der Waals surface area contributed by atoms with Gasteiger partial charge in [-0.05, 0) is 42.9 Å². The number of aliphatic carboxylic acids is 1. The number of hydrogen-bond acceptors (Lipinski definition) is 3. The van der Waals surface area contributed by atoms with E-state index in [9.17, 15) is 4.79 Å². The Labute approximate surface area is 129 Å². The molecule has 1 heterocycles. The molecule has 0 bridgehead atoms. The van der Waals surface area contributed by atoms with Crippen LogP contribution in [0.3, 0.4) is 0 Å². The van der Waals surface area contributed by atoms with Crippen molar-refractivity contribution in [1.82, 2.24) is 10.2 Å². The second-order valence-corrected chi connectivity index (χ2v) is 5.77. The number of rotatable bonds is 5. The second kappa shape index (κ2) is 6.22. The lowest BCUT2D eigenvalue weighted by molar-refractivity contribution is -0.137. The van der Waals surface area contributed by atoms with E-state index in [1.807, 2.05) is 24.3 Å². The van der Waals surface area contributed by atoms with Gasteiger partial charge in [0.25, 0.3) is 0 Å². The van der Waals surface area contributed by atoms with E-state index in [2.05, 4.69) is 10.2 Å². The van der Waals surface area contributed by atoms with Gasteiger partial charge >= 0.3 is 5.97 Å². The number of nitrogens with zero attached hydrogens (tertiary/aromatic N) is 1. The molecular weight excluding hydrogens is 280 g/mol.